The summed E-state index contributed by atoms with van der Waals surface area (Å²) in [6.45, 7) is 9.52. The Balaban J connectivity index is 1.35. The van der Waals surface area contributed by atoms with Gasteiger partial charge in [-0.2, -0.15) is 5.26 Å². The van der Waals surface area contributed by atoms with E-state index in [2.05, 4.69) is 59.0 Å². The smallest absolute Gasteiger partial charge is 0.203 e. The lowest BCUT2D eigenvalue weighted by Crippen LogP contribution is -2.34. The number of para-hydroxylation sites is 2. The van der Waals surface area contributed by atoms with Gasteiger partial charge in [-0.3, -0.25) is 0 Å². The lowest BCUT2D eigenvalue weighted by Gasteiger charge is -2.32. The van der Waals surface area contributed by atoms with Crippen molar-refractivity contribution in [2.45, 2.75) is 38.5 Å². The fraction of sp³-hybridized carbons (Fsp3) is 0.462. The quantitative estimate of drug-likeness (QED) is 0.592. The molecule has 31 heavy (non-hydrogen) atoms. The minimum atomic E-state index is -0.409. The van der Waals surface area contributed by atoms with Crippen LogP contribution in [0.25, 0.3) is 11.0 Å². The number of anilines is 1. The van der Waals surface area contributed by atoms with Crippen LogP contribution in [0.2, 0.25) is 0 Å². The highest BCUT2D eigenvalue weighted by Gasteiger charge is 2.35. The number of nitrogens with one attached hydrogen (secondary N) is 1. The molecule has 1 saturated heterocycles. The van der Waals surface area contributed by atoms with Crippen LogP contribution in [0.1, 0.15) is 38.7 Å². The minimum absolute atomic E-state index is 0.285. The zero-order valence-corrected chi connectivity index (χ0v) is 18.7. The Kier molecular flexibility index (Phi) is 6.58. The minimum Gasteiger partial charge on any atom is -0.341 e. The van der Waals surface area contributed by atoms with E-state index in [0.717, 1.165) is 74.5 Å². The normalized spacial score (nSPS) is 17.4. The predicted octanol–water partition coefficient (Wildman–Crippen LogP) is 4.97. The number of fused-ring (bicyclic) bond motifs is 1. The largest absolute Gasteiger partial charge is 0.341 e. The molecule has 0 amide bonds. The van der Waals surface area contributed by atoms with E-state index >= 15 is 0 Å². The molecule has 1 atom stereocenters. The van der Waals surface area contributed by atoms with Gasteiger partial charge in [-0.15, -0.1) is 0 Å². The number of hydrogen-bond donors (Lipinski definition) is 1. The lowest BCUT2D eigenvalue weighted by molar-refractivity contribution is 0.265. The molecule has 1 aliphatic rings. The van der Waals surface area contributed by atoms with Crippen molar-refractivity contribution in [2.24, 2.45) is 5.92 Å². The molecule has 0 bridgehead atoms. The number of nitriles is 1. The van der Waals surface area contributed by atoms with Gasteiger partial charge in [0, 0.05) is 19.6 Å². The second-order valence-electron chi connectivity index (χ2n) is 8.97. The number of nitrogens with zero attached hydrogens (tertiary/aromatic N) is 4. The second-order valence-corrected chi connectivity index (χ2v) is 8.97. The fourth-order valence-electron chi connectivity index (χ4n) is 4.83. The van der Waals surface area contributed by atoms with Gasteiger partial charge >= 0.3 is 0 Å². The molecule has 2 aromatic carbocycles. The van der Waals surface area contributed by atoms with Crippen molar-refractivity contribution >= 4 is 17.0 Å². The molecule has 2 heterocycles. The molecule has 0 aliphatic carbocycles. The van der Waals surface area contributed by atoms with Gasteiger partial charge < -0.3 is 14.8 Å². The monoisotopic (exact) mass is 415 g/mol. The molecule has 1 N–H and O–H groups in total. The van der Waals surface area contributed by atoms with Crippen LogP contribution in [-0.2, 0) is 5.41 Å². The average molecular weight is 416 g/mol. The van der Waals surface area contributed by atoms with Crippen molar-refractivity contribution in [2.75, 3.05) is 37.6 Å². The summed E-state index contributed by atoms with van der Waals surface area (Å²) < 4.78 is 0. The van der Waals surface area contributed by atoms with Crippen LogP contribution in [-0.4, -0.2) is 47.6 Å². The van der Waals surface area contributed by atoms with Gasteiger partial charge in [0.1, 0.15) is 0 Å². The molecular weight excluding hydrogens is 382 g/mol. The zero-order valence-electron chi connectivity index (χ0n) is 18.7. The van der Waals surface area contributed by atoms with E-state index in [4.69, 9.17) is 4.98 Å². The van der Waals surface area contributed by atoms with Gasteiger partial charge in [0.15, 0.2) is 0 Å². The van der Waals surface area contributed by atoms with Gasteiger partial charge in [0.05, 0.1) is 22.5 Å². The van der Waals surface area contributed by atoms with Gasteiger partial charge in [-0.05, 0) is 56.0 Å². The van der Waals surface area contributed by atoms with Gasteiger partial charge in [0.25, 0.3) is 0 Å². The first-order chi connectivity index (χ1) is 15.1. The van der Waals surface area contributed by atoms with Crippen molar-refractivity contribution in [1.82, 2.24) is 14.9 Å². The maximum absolute atomic E-state index is 10.1. The maximum Gasteiger partial charge on any atom is 0.203 e. The first kappa shape index (κ1) is 21.4. The van der Waals surface area contributed by atoms with E-state index in [1.54, 1.807) is 0 Å². The molecule has 5 heteroatoms. The number of imidazole rings is 1. The van der Waals surface area contributed by atoms with Gasteiger partial charge in [-0.25, -0.2) is 4.98 Å². The third kappa shape index (κ3) is 4.60. The van der Waals surface area contributed by atoms with Crippen LogP contribution in [0.5, 0.6) is 0 Å². The van der Waals surface area contributed by atoms with Gasteiger partial charge in [-0.1, -0.05) is 56.3 Å². The fourth-order valence-corrected chi connectivity index (χ4v) is 4.83. The van der Waals surface area contributed by atoms with Crippen molar-refractivity contribution < 1.29 is 0 Å². The van der Waals surface area contributed by atoms with Crippen molar-refractivity contribution in [3.05, 3.63) is 60.2 Å². The molecule has 0 spiro atoms. The summed E-state index contributed by atoms with van der Waals surface area (Å²) in [5.74, 6) is 1.27. The maximum atomic E-state index is 10.1. The standard InChI is InChI=1S/C26H33N5/c1-21(2)26(20-27,22-10-4-3-5-11-22)14-8-15-30-16-9-17-31(19-18-30)25-28-23-12-6-7-13-24(23)29-25/h3-7,10-13,21H,8-9,14-19H2,1-2H3,(H,28,29). The van der Waals surface area contributed by atoms with Crippen LogP contribution < -0.4 is 4.90 Å². The molecule has 4 rings (SSSR count). The predicted molar refractivity (Wildman–Crippen MR) is 127 cm³/mol. The Morgan fingerprint density at radius 2 is 1.81 bits per heavy atom. The van der Waals surface area contributed by atoms with Crippen LogP contribution in [0, 0.1) is 17.2 Å². The lowest BCUT2D eigenvalue weighted by atomic mass is 9.70. The number of benzene rings is 2. The summed E-state index contributed by atoms with van der Waals surface area (Å²) in [5.41, 5.74) is 2.87. The summed E-state index contributed by atoms with van der Waals surface area (Å²) in [6, 6.07) is 21.2. The Morgan fingerprint density at radius 3 is 2.55 bits per heavy atom. The molecule has 1 unspecified atom stereocenters. The number of H-pyrrole nitrogens is 1. The Labute approximate surface area is 185 Å². The molecular formula is C26H33N5. The molecule has 1 fully saturated rings. The molecule has 0 radical (unpaired) electrons. The van der Waals surface area contributed by atoms with Crippen LogP contribution in [0.4, 0.5) is 5.95 Å². The Hall–Kier alpha value is -2.84. The van der Waals surface area contributed by atoms with Crippen LogP contribution >= 0.6 is 0 Å². The third-order valence-electron chi connectivity index (χ3n) is 6.78. The summed E-state index contributed by atoms with van der Waals surface area (Å²) >= 11 is 0. The van der Waals surface area contributed by atoms with E-state index in [9.17, 15) is 5.26 Å². The highest BCUT2D eigenvalue weighted by molar-refractivity contribution is 5.77. The van der Waals surface area contributed by atoms with Crippen LogP contribution in [0.15, 0.2) is 54.6 Å². The van der Waals surface area contributed by atoms with Crippen molar-refractivity contribution in [3.8, 4) is 6.07 Å². The van der Waals surface area contributed by atoms with E-state index < -0.39 is 5.41 Å². The van der Waals surface area contributed by atoms with E-state index in [0.29, 0.717) is 0 Å². The second kappa shape index (κ2) is 9.53. The first-order valence-electron chi connectivity index (χ1n) is 11.5. The summed E-state index contributed by atoms with van der Waals surface area (Å²) in [7, 11) is 0. The zero-order chi connectivity index (χ0) is 21.7. The third-order valence-corrected chi connectivity index (χ3v) is 6.78. The molecule has 1 aliphatic heterocycles. The van der Waals surface area contributed by atoms with E-state index in [1.807, 2.05) is 30.3 Å². The average Bonchev–Trinajstić information content (AvgIpc) is 3.09. The van der Waals surface area contributed by atoms with Crippen LogP contribution in [0.3, 0.4) is 0 Å². The molecule has 162 valence electrons. The Bertz CT molecular complexity index is 986. The first-order valence-corrected chi connectivity index (χ1v) is 11.5. The van der Waals surface area contributed by atoms with Crippen molar-refractivity contribution in [3.63, 3.8) is 0 Å². The number of hydrogen-bond acceptors (Lipinski definition) is 4. The topological polar surface area (TPSA) is 59.0 Å². The van der Waals surface area contributed by atoms with E-state index in [-0.39, 0.29) is 5.92 Å². The molecule has 1 aromatic heterocycles. The van der Waals surface area contributed by atoms with E-state index in [1.165, 1.54) is 0 Å². The summed E-state index contributed by atoms with van der Waals surface area (Å²) in [6.07, 6.45) is 3.06. The highest BCUT2D eigenvalue weighted by atomic mass is 15.3. The van der Waals surface area contributed by atoms with Gasteiger partial charge in [0.2, 0.25) is 5.95 Å². The highest BCUT2D eigenvalue weighted by Crippen LogP contribution is 2.36. The molecule has 0 saturated carbocycles. The summed E-state index contributed by atoms with van der Waals surface area (Å²) in [4.78, 5) is 13.2. The van der Waals surface area contributed by atoms with Crippen molar-refractivity contribution in [1.29, 1.82) is 5.26 Å². The molecule has 3 aromatic rings. The number of aromatic nitrogens is 2. The number of aromatic amines is 1. The summed E-state index contributed by atoms with van der Waals surface area (Å²) in [5, 5.41) is 10.1. The SMILES string of the molecule is CC(C)C(C#N)(CCCN1CCCN(c2nc3ccccc3[nH]2)CC1)c1ccccc1. The Morgan fingerprint density at radius 1 is 1.03 bits per heavy atom. The number of rotatable bonds is 7. The molecule has 5 nitrogen and oxygen atoms in total.